The Morgan fingerprint density at radius 1 is 1.43 bits per heavy atom. The van der Waals surface area contributed by atoms with Crippen molar-refractivity contribution in [2.75, 3.05) is 26.7 Å². The number of amides is 2. The third-order valence-electron chi connectivity index (χ3n) is 4.10. The quantitative estimate of drug-likeness (QED) is 0.876. The van der Waals surface area contributed by atoms with Gasteiger partial charge in [0, 0.05) is 19.0 Å². The fraction of sp³-hybridized carbons (Fsp3) is 0.375. The number of carbonyl (C=O) groups excluding carboxylic acids is 2. The Morgan fingerprint density at radius 2 is 2.22 bits per heavy atom. The van der Waals surface area contributed by atoms with Crippen LogP contribution in [0.25, 0.3) is 10.9 Å². The molecule has 2 amide bonds. The predicted molar refractivity (Wildman–Crippen MR) is 82.6 cm³/mol. The molecule has 23 heavy (non-hydrogen) atoms. The molecule has 1 aliphatic rings. The maximum Gasteiger partial charge on any atom is 0.270 e. The number of hydrogen-bond donors (Lipinski definition) is 2. The van der Waals surface area contributed by atoms with E-state index in [1.165, 1.54) is 13.1 Å². The Bertz CT molecular complexity index is 773. The van der Waals surface area contributed by atoms with E-state index in [2.05, 4.69) is 10.3 Å². The fourth-order valence-corrected chi connectivity index (χ4v) is 2.85. The molecule has 7 heteroatoms. The smallest absolute Gasteiger partial charge is 0.270 e. The number of nitrogens with one attached hydrogen (secondary N) is 2. The lowest BCUT2D eigenvalue weighted by molar-refractivity contribution is -0.153. The lowest BCUT2D eigenvalue weighted by Crippen LogP contribution is -2.58. The maximum atomic E-state index is 13.8. The molecule has 0 saturated carbocycles. The number of H-pyrrole nitrogens is 1. The number of likely N-dealkylation sites (N-methyl/N-ethyl adjacent to an activating group) is 1. The molecule has 0 spiro atoms. The van der Waals surface area contributed by atoms with E-state index < -0.39 is 11.4 Å². The Labute approximate surface area is 132 Å². The number of rotatable bonds is 2. The summed E-state index contributed by atoms with van der Waals surface area (Å²) in [5, 5.41) is 3.18. The van der Waals surface area contributed by atoms with Gasteiger partial charge in [0.25, 0.3) is 11.8 Å². The van der Waals surface area contributed by atoms with Gasteiger partial charge in [-0.2, -0.15) is 0 Å². The molecule has 1 fully saturated rings. The van der Waals surface area contributed by atoms with Crippen LogP contribution in [0.15, 0.2) is 24.3 Å². The van der Waals surface area contributed by atoms with Gasteiger partial charge in [-0.3, -0.25) is 9.59 Å². The van der Waals surface area contributed by atoms with Crippen LogP contribution in [0.3, 0.4) is 0 Å². The number of aromatic amines is 1. The number of ether oxygens (including phenoxy) is 1. The van der Waals surface area contributed by atoms with Crippen LogP contribution < -0.4 is 5.32 Å². The molecule has 2 heterocycles. The third-order valence-corrected chi connectivity index (χ3v) is 4.10. The molecule has 1 saturated heterocycles. The minimum absolute atomic E-state index is 0.142. The normalized spacial score (nSPS) is 21.4. The third kappa shape index (κ3) is 2.68. The summed E-state index contributed by atoms with van der Waals surface area (Å²) >= 11 is 0. The van der Waals surface area contributed by atoms with Gasteiger partial charge in [-0.25, -0.2) is 4.39 Å². The van der Waals surface area contributed by atoms with E-state index in [0.29, 0.717) is 23.1 Å². The van der Waals surface area contributed by atoms with Crippen LogP contribution in [0, 0.1) is 5.82 Å². The lowest BCUT2D eigenvalue weighted by Gasteiger charge is -2.38. The standard InChI is InChI=1S/C16H18FN3O3/c1-16(15(22)18-2)9-20(6-7-23-16)14(21)12-8-10-4-3-5-11(17)13(10)19-12/h3-5,8,19H,6-7,9H2,1-2H3,(H,18,22)/t16-/m0/s1. The highest BCUT2D eigenvalue weighted by Gasteiger charge is 2.40. The topological polar surface area (TPSA) is 74.4 Å². The van der Waals surface area contributed by atoms with Gasteiger partial charge in [-0.15, -0.1) is 0 Å². The van der Waals surface area contributed by atoms with Gasteiger partial charge < -0.3 is 19.9 Å². The molecular weight excluding hydrogens is 301 g/mol. The summed E-state index contributed by atoms with van der Waals surface area (Å²) < 4.78 is 19.3. The van der Waals surface area contributed by atoms with Crippen LogP contribution in [0.4, 0.5) is 4.39 Å². The Kier molecular flexibility index (Phi) is 3.81. The average Bonchev–Trinajstić information content (AvgIpc) is 2.99. The number of fused-ring (bicyclic) bond motifs is 1. The predicted octanol–water partition coefficient (Wildman–Crippen LogP) is 1.28. The number of aromatic nitrogens is 1. The highest BCUT2D eigenvalue weighted by atomic mass is 19.1. The number of morpholine rings is 1. The van der Waals surface area contributed by atoms with Crippen LogP contribution in [0.2, 0.25) is 0 Å². The number of benzene rings is 1. The summed E-state index contributed by atoms with van der Waals surface area (Å²) in [4.78, 5) is 29.0. The van der Waals surface area contributed by atoms with Gasteiger partial charge in [0.05, 0.1) is 18.7 Å². The second kappa shape index (κ2) is 5.66. The van der Waals surface area contributed by atoms with Gasteiger partial charge in [-0.05, 0) is 19.1 Å². The van der Waals surface area contributed by atoms with Crippen molar-refractivity contribution < 1.29 is 18.7 Å². The first-order valence-electron chi connectivity index (χ1n) is 7.37. The van der Waals surface area contributed by atoms with Gasteiger partial charge in [0.1, 0.15) is 11.5 Å². The summed E-state index contributed by atoms with van der Waals surface area (Å²) in [7, 11) is 1.53. The molecular formula is C16H18FN3O3. The van der Waals surface area contributed by atoms with Crippen molar-refractivity contribution >= 4 is 22.7 Å². The van der Waals surface area contributed by atoms with Crippen LogP contribution >= 0.6 is 0 Å². The summed E-state index contributed by atoms with van der Waals surface area (Å²) in [6.07, 6.45) is 0. The van der Waals surface area contributed by atoms with Crippen LogP contribution in [-0.4, -0.2) is 54.0 Å². The summed E-state index contributed by atoms with van der Waals surface area (Å²) in [6.45, 7) is 2.44. The number of hydrogen-bond acceptors (Lipinski definition) is 3. The molecule has 2 aromatic rings. The van der Waals surface area contributed by atoms with Crippen LogP contribution in [0.1, 0.15) is 17.4 Å². The van der Waals surface area contributed by atoms with Crippen LogP contribution in [0.5, 0.6) is 0 Å². The van der Waals surface area contributed by atoms with Crippen molar-refractivity contribution in [2.24, 2.45) is 0 Å². The number of carbonyl (C=O) groups is 2. The van der Waals surface area contributed by atoms with Crippen LogP contribution in [-0.2, 0) is 9.53 Å². The molecule has 2 N–H and O–H groups in total. The van der Waals surface area contributed by atoms with E-state index >= 15 is 0 Å². The summed E-state index contributed by atoms with van der Waals surface area (Å²) in [5.74, 6) is -0.963. The van der Waals surface area contributed by atoms with E-state index in [1.54, 1.807) is 30.0 Å². The molecule has 0 radical (unpaired) electrons. The van der Waals surface area contributed by atoms with Crippen molar-refractivity contribution in [3.63, 3.8) is 0 Å². The monoisotopic (exact) mass is 319 g/mol. The van der Waals surface area contributed by atoms with Gasteiger partial charge in [0.15, 0.2) is 5.60 Å². The molecule has 3 rings (SSSR count). The molecule has 1 aromatic heterocycles. The van der Waals surface area contributed by atoms with E-state index in [4.69, 9.17) is 4.74 Å². The first kappa shape index (κ1) is 15.5. The summed E-state index contributed by atoms with van der Waals surface area (Å²) in [5.41, 5.74) is -0.482. The van der Waals surface area contributed by atoms with E-state index in [-0.39, 0.29) is 25.0 Å². The molecule has 1 aromatic carbocycles. The zero-order valence-electron chi connectivity index (χ0n) is 13.0. The van der Waals surface area contributed by atoms with E-state index in [1.807, 2.05) is 0 Å². The van der Waals surface area contributed by atoms with Crippen molar-refractivity contribution in [1.29, 1.82) is 0 Å². The lowest BCUT2D eigenvalue weighted by atomic mass is 10.0. The highest BCUT2D eigenvalue weighted by Crippen LogP contribution is 2.22. The van der Waals surface area contributed by atoms with Crippen molar-refractivity contribution in [3.8, 4) is 0 Å². The molecule has 0 unspecified atom stereocenters. The molecule has 1 aliphatic heterocycles. The molecule has 6 nitrogen and oxygen atoms in total. The molecule has 0 aliphatic carbocycles. The van der Waals surface area contributed by atoms with E-state index in [9.17, 15) is 14.0 Å². The number of para-hydroxylation sites is 1. The first-order chi connectivity index (χ1) is 10.9. The molecule has 122 valence electrons. The SMILES string of the molecule is CNC(=O)[C@]1(C)CN(C(=O)c2cc3cccc(F)c3[nH]2)CCO1. The Hall–Kier alpha value is -2.41. The maximum absolute atomic E-state index is 13.8. The van der Waals surface area contributed by atoms with Gasteiger partial charge in [0.2, 0.25) is 0 Å². The number of halogens is 1. The molecule has 0 bridgehead atoms. The minimum Gasteiger partial charge on any atom is -0.362 e. The Balaban J connectivity index is 1.87. The zero-order valence-corrected chi connectivity index (χ0v) is 13.0. The Morgan fingerprint density at radius 3 is 2.91 bits per heavy atom. The zero-order chi connectivity index (χ0) is 16.6. The molecule has 1 atom stereocenters. The van der Waals surface area contributed by atoms with Crippen molar-refractivity contribution in [1.82, 2.24) is 15.2 Å². The minimum atomic E-state index is -1.08. The first-order valence-corrected chi connectivity index (χ1v) is 7.37. The van der Waals surface area contributed by atoms with Gasteiger partial charge >= 0.3 is 0 Å². The largest absolute Gasteiger partial charge is 0.362 e. The second-order valence-corrected chi connectivity index (χ2v) is 5.77. The highest BCUT2D eigenvalue weighted by molar-refractivity contribution is 5.98. The van der Waals surface area contributed by atoms with E-state index in [0.717, 1.165) is 0 Å². The fourth-order valence-electron chi connectivity index (χ4n) is 2.85. The number of nitrogens with zero attached hydrogens (tertiary/aromatic N) is 1. The van der Waals surface area contributed by atoms with Gasteiger partial charge in [-0.1, -0.05) is 12.1 Å². The van der Waals surface area contributed by atoms with Crippen molar-refractivity contribution in [3.05, 3.63) is 35.8 Å². The average molecular weight is 319 g/mol. The summed E-state index contributed by atoms with van der Waals surface area (Å²) in [6, 6.07) is 6.29. The van der Waals surface area contributed by atoms with Crippen molar-refractivity contribution in [2.45, 2.75) is 12.5 Å². The second-order valence-electron chi connectivity index (χ2n) is 5.77.